The smallest absolute Gasteiger partial charge is 0.264 e. The topological polar surface area (TPSA) is 79.4 Å². The molecule has 0 radical (unpaired) electrons. The Bertz CT molecular complexity index is 1330. The predicted molar refractivity (Wildman–Crippen MR) is 129 cm³/mol. The number of thiazole rings is 1. The van der Waals surface area contributed by atoms with E-state index in [-0.39, 0.29) is 16.4 Å². The summed E-state index contributed by atoms with van der Waals surface area (Å²) in [4.78, 5) is 17.1. The lowest BCUT2D eigenvalue weighted by Crippen LogP contribution is -2.26. The fourth-order valence-electron chi connectivity index (χ4n) is 3.11. The molecular formula is C24H21N3O3S2. The second-order valence-electron chi connectivity index (χ2n) is 7.20. The fourth-order valence-corrected chi connectivity index (χ4v) is 5.00. The van der Waals surface area contributed by atoms with Crippen molar-refractivity contribution in [2.24, 2.45) is 0 Å². The van der Waals surface area contributed by atoms with Gasteiger partial charge in [-0.25, -0.2) is 13.4 Å². The number of carbonyl (C=O) groups is 1. The molecule has 0 aliphatic rings. The molecule has 4 rings (SSSR count). The zero-order chi connectivity index (χ0) is 22.7. The van der Waals surface area contributed by atoms with Crippen molar-refractivity contribution in [1.82, 2.24) is 4.98 Å². The van der Waals surface area contributed by atoms with Crippen molar-refractivity contribution in [2.45, 2.75) is 11.8 Å². The Morgan fingerprint density at radius 2 is 1.72 bits per heavy atom. The average Bonchev–Trinajstić information content (AvgIpc) is 3.35. The van der Waals surface area contributed by atoms with Gasteiger partial charge in [0.2, 0.25) is 0 Å². The van der Waals surface area contributed by atoms with Crippen molar-refractivity contribution >= 4 is 38.6 Å². The quantitative estimate of drug-likeness (QED) is 0.426. The number of anilines is 2. The molecule has 1 heterocycles. The Hall–Kier alpha value is -3.49. The molecule has 32 heavy (non-hydrogen) atoms. The van der Waals surface area contributed by atoms with Gasteiger partial charge in [-0.15, -0.1) is 11.3 Å². The van der Waals surface area contributed by atoms with Crippen LogP contribution in [-0.2, 0) is 10.0 Å². The summed E-state index contributed by atoms with van der Waals surface area (Å²) >= 11 is 1.54. The molecule has 4 aromatic rings. The molecule has 0 saturated carbocycles. The molecule has 6 nitrogen and oxygen atoms in total. The first-order valence-electron chi connectivity index (χ1n) is 9.81. The van der Waals surface area contributed by atoms with Gasteiger partial charge in [0.25, 0.3) is 15.9 Å². The molecular weight excluding hydrogens is 442 g/mol. The van der Waals surface area contributed by atoms with Gasteiger partial charge in [0.15, 0.2) is 0 Å². The number of hydrogen-bond donors (Lipinski definition) is 1. The number of sulfonamides is 1. The molecule has 0 aliphatic carbocycles. The van der Waals surface area contributed by atoms with Crippen molar-refractivity contribution in [3.8, 4) is 10.6 Å². The van der Waals surface area contributed by atoms with Gasteiger partial charge in [-0.05, 0) is 61.5 Å². The van der Waals surface area contributed by atoms with Gasteiger partial charge in [-0.2, -0.15) is 0 Å². The second kappa shape index (κ2) is 8.94. The summed E-state index contributed by atoms with van der Waals surface area (Å²) in [5, 5.41) is 5.62. The molecule has 8 heteroatoms. The van der Waals surface area contributed by atoms with Gasteiger partial charge in [-0.3, -0.25) is 9.10 Å². The standard InChI is InChI=1S/C24H21N3O3S2/c1-17-6-12-21(13-7-17)27(2)32(29,30)22-5-3-4-19(16-22)23(28)26-20-10-8-18(9-11-20)24-25-14-15-31-24/h3-16H,1-2H3,(H,26,28). The van der Waals surface area contributed by atoms with E-state index in [2.05, 4.69) is 10.3 Å². The van der Waals surface area contributed by atoms with E-state index in [1.165, 1.54) is 34.8 Å². The van der Waals surface area contributed by atoms with Crippen molar-refractivity contribution in [1.29, 1.82) is 0 Å². The molecule has 0 atom stereocenters. The lowest BCUT2D eigenvalue weighted by atomic mass is 10.2. The molecule has 0 aliphatic heterocycles. The first-order valence-corrected chi connectivity index (χ1v) is 12.1. The summed E-state index contributed by atoms with van der Waals surface area (Å²) < 4.78 is 27.4. The van der Waals surface area contributed by atoms with Crippen LogP contribution in [0.5, 0.6) is 0 Å². The van der Waals surface area contributed by atoms with Gasteiger partial charge < -0.3 is 5.32 Å². The number of aromatic nitrogens is 1. The Balaban J connectivity index is 1.53. The predicted octanol–water partition coefficient (Wildman–Crippen LogP) is 5.20. The zero-order valence-electron chi connectivity index (χ0n) is 17.5. The van der Waals surface area contributed by atoms with Crippen molar-refractivity contribution in [2.75, 3.05) is 16.7 Å². The summed E-state index contributed by atoms with van der Waals surface area (Å²) in [6.45, 7) is 1.94. The van der Waals surface area contributed by atoms with Gasteiger partial charge in [0.1, 0.15) is 5.01 Å². The number of aryl methyl sites for hydroxylation is 1. The van der Waals surface area contributed by atoms with Gasteiger partial charge in [0.05, 0.1) is 10.6 Å². The van der Waals surface area contributed by atoms with E-state index in [4.69, 9.17) is 0 Å². The minimum absolute atomic E-state index is 0.0485. The van der Waals surface area contributed by atoms with Crippen LogP contribution in [0.4, 0.5) is 11.4 Å². The first-order chi connectivity index (χ1) is 15.3. The number of nitrogens with one attached hydrogen (secondary N) is 1. The molecule has 0 spiro atoms. The Kier molecular flexibility index (Phi) is 6.07. The molecule has 0 bridgehead atoms. The summed E-state index contributed by atoms with van der Waals surface area (Å²) in [6, 6.07) is 20.6. The monoisotopic (exact) mass is 463 g/mol. The van der Waals surface area contributed by atoms with E-state index in [0.717, 1.165) is 16.1 Å². The van der Waals surface area contributed by atoms with Crippen LogP contribution in [0.15, 0.2) is 89.3 Å². The second-order valence-corrected chi connectivity index (χ2v) is 10.1. The van der Waals surface area contributed by atoms with Crippen LogP contribution < -0.4 is 9.62 Å². The van der Waals surface area contributed by atoms with Crippen LogP contribution >= 0.6 is 11.3 Å². The third kappa shape index (κ3) is 4.56. The molecule has 1 amide bonds. The van der Waals surface area contributed by atoms with Crippen molar-refractivity contribution in [3.05, 3.63) is 95.5 Å². The molecule has 3 aromatic carbocycles. The fraction of sp³-hybridized carbons (Fsp3) is 0.0833. The number of benzene rings is 3. The number of amides is 1. The highest BCUT2D eigenvalue weighted by Crippen LogP contribution is 2.25. The van der Waals surface area contributed by atoms with Crippen molar-refractivity contribution < 1.29 is 13.2 Å². The highest BCUT2D eigenvalue weighted by atomic mass is 32.2. The molecule has 0 fully saturated rings. The third-order valence-electron chi connectivity index (χ3n) is 4.97. The lowest BCUT2D eigenvalue weighted by Gasteiger charge is -2.20. The van der Waals surface area contributed by atoms with Crippen LogP contribution in [0.2, 0.25) is 0 Å². The largest absolute Gasteiger partial charge is 0.322 e. The lowest BCUT2D eigenvalue weighted by molar-refractivity contribution is 0.102. The summed E-state index contributed by atoms with van der Waals surface area (Å²) in [7, 11) is -2.32. The third-order valence-corrected chi connectivity index (χ3v) is 7.58. The summed E-state index contributed by atoms with van der Waals surface area (Å²) in [6.07, 6.45) is 1.74. The van der Waals surface area contributed by atoms with Crippen LogP contribution in [-0.4, -0.2) is 26.4 Å². The van der Waals surface area contributed by atoms with E-state index in [1.54, 1.807) is 42.6 Å². The highest BCUT2D eigenvalue weighted by Gasteiger charge is 2.22. The van der Waals surface area contributed by atoms with E-state index in [1.807, 2.05) is 36.6 Å². The van der Waals surface area contributed by atoms with E-state index in [0.29, 0.717) is 11.4 Å². The SMILES string of the molecule is Cc1ccc(N(C)S(=O)(=O)c2cccc(C(=O)Nc3ccc(-c4nccs4)cc3)c2)cc1. The maximum atomic E-state index is 13.1. The number of hydrogen-bond acceptors (Lipinski definition) is 5. The molecule has 0 saturated heterocycles. The van der Waals surface area contributed by atoms with E-state index < -0.39 is 10.0 Å². The molecule has 162 valence electrons. The summed E-state index contributed by atoms with van der Waals surface area (Å²) in [5.74, 6) is -0.387. The Labute approximate surface area is 191 Å². The number of nitrogens with zero attached hydrogens (tertiary/aromatic N) is 2. The van der Waals surface area contributed by atoms with Crippen LogP contribution in [0.1, 0.15) is 15.9 Å². The van der Waals surface area contributed by atoms with Crippen molar-refractivity contribution in [3.63, 3.8) is 0 Å². The average molecular weight is 464 g/mol. The normalized spacial score (nSPS) is 11.2. The van der Waals surface area contributed by atoms with Crippen LogP contribution in [0.25, 0.3) is 10.6 Å². The number of carbonyl (C=O) groups excluding carboxylic acids is 1. The maximum absolute atomic E-state index is 13.1. The minimum atomic E-state index is -3.82. The Morgan fingerprint density at radius 1 is 1.00 bits per heavy atom. The van der Waals surface area contributed by atoms with Gasteiger partial charge in [-0.1, -0.05) is 23.8 Å². The minimum Gasteiger partial charge on any atom is -0.322 e. The maximum Gasteiger partial charge on any atom is 0.264 e. The molecule has 1 aromatic heterocycles. The van der Waals surface area contributed by atoms with E-state index in [9.17, 15) is 13.2 Å². The first kappa shape index (κ1) is 21.7. The zero-order valence-corrected chi connectivity index (χ0v) is 19.2. The van der Waals surface area contributed by atoms with Crippen LogP contribution in [0.3, 0.4) is 0 Å². The van der Waals surface area contributed by atoms with Gasteiger partial charge >= 0.3 is 0 Å². The highest BCUT2D eigenvalue weighted by molar-refractivity contribution is 7.92. The van der Waals surface area contributed by atoms with Crippen LogP contribution in [0, 0.1) is 6.92 Å². The Morgan fingerprint density at radius 3 is 2.38 bits per heavy atom. The molecule has 1 N–H and O–H groups in total. The molecule has 0 unspecified atom stereocenters. The van der Waals surface area contributed by atoms with Gasteiger partial charge in [0, 0.05) is 35.4 Å². The number of rotatable bonds is 6. The van der Waals surface area contributed by atoms with E-state index >= 15 is 0 Å². The summed E-state index contributed by atoms with van der Waals surface area (Å²) in [5.41, 5.74) is 3.42.